The van der Waals surface area contributed by atoms with Crippen molar-refractivity contribution in [2.24, 2.45) is 5.16 Å². The highest BCUT2D eigenvalue weighted by atomic mass is 32.2. The van der Waals surface area contributed by atoms with Gasteiger partial charge in [-0.3, -0.25) is 4.79 Å². The largest absolute Gasteiger partial charge is 0.379 e. The first-order chi connectivity index (χ1) is 14.8. The Bertz CT molecular complexity index is 1320. The molecule has 5 rings (SSSR count). The Kier molecular flexibility index (Phi) is 4.38. The van der Waals surface area contributed by atoms with Crippen molar-refractivity contribution in [2.45, 2.75) is 29.8 Å². The summed E-state index contributed by atoms with van der Waals surface area (Å²) in [6, 6.07) is 22.2. The van der Waals surface area contributed by atoms with Gasteiger partial charge in [0.2, 0.25) is 11.4 Å². The number of nitrogens with zero attached hydrogens (tertiary/aromatic N) is 1. The van der Waals surface area contributed by atoms with Crippen LogP contribution in [0.25, 0.3) is 0 Å². The minimum absolute atomic E-state index is 0.0915. The Balaban J connectivity index is 1.65. The van der Waals surface area contributed by atoms with Gasteiger partial charge in [0.1, 0.15) is 0 Å². The second-order valence-corrected chi connectivity index (χ2v) is 10.3. The number of hydrogen-bond donors (Lipinski definition) is 0. The van der Waals surface area contributed by atoms with Crippen molar-refractivity contribution in [1.29, 1.82) is 0 Å². The normalized spacial score (nSPS) is 22.3. The summed E-state index contributed by atoms with van der Waals surface area (Å²) in [6.07, 6.45) is 1.60. The van der Waals surface area contributed by atoms with Gasteiger partial charge in [-0.2, -0.15) is 0 Å². The fourth-order valence-electron chi connectivity index (χ4n) is 4.53. The van der Waals surface area contributed by atoms with E-state index in [1.807, 2.05) is 55.5 Å². The number of rotatable bonds is 3. The quantitative estimate of drug-likeness (QED) is 0.626. The van der Waals surface area contributed by atoms with E-state index in [0.29, 0.717) is 17.7 Å². The lowest BCUT2D eigenvalue weighted by Crippen LogP contribution is -2.43. The number of aryl methyl sites for hydroxylation is 1. The predicted octanol–water partition coefficient (Wildman–Crippen LogP) is 4.09. The monoisotopic (exact) mass is 431 g/mol. The molecule has 0 fully saturated rings. The van der Waals surface area contributed by atoms with Crippen LogP contribution in [0, 0.1) is 6.92 Å². The number of ketones is 1. The van der Waals surface area contributed by atoms with E-state index < -0.39 is 21.4 Å². The van der Waals surface area contributed by atoms with Crippen LogP contribution in [0.15, 0.2) is 82.8 Å². The number of Topliss-reactive ketones (excluding diaryl/α,β-unsaturated/α-hetero) is 1. The fraction of sp³-hybridized carbons (Fsp3) is 0.200. The first kappa shape index (κ1) is 19.7. The lowest BCUT2D eigenvalue weighted by atomic mass is 9.75. The fourth-order valence-corrected chi connectivity index (χ4v) is 5.16. The number of oxime groups is 1. The van der Waals surface area contributed by atoms with Gasteiger partial charge in [-0.05, 0) is 30.2 Å². The number of benzene rings is 3. The first-order valence-electron chi connectivity index (χ1n) is 10.1. The smallest absolute Gasteiger partial charge is 0.216 e. The highest BCUT2D eigenvalue weighted by Crippen LogP contribution is 2.48. The molecule has 1 aliphatic carbocycles. The van der Waals surface area contributed by atoms with Crippen LogP contribution in [0.3, 0.4) is 0 Å². The maximum absolute atomic E-state index is 13.6. The van der Waals surface area contributed by atoms with Crippen molar-refractivity contribution in [3.8, 4) is 0 Å². The summed E-state index contributed by atoms with van der Waals surface area (Å²) in [5.41, 5.74) is 3.89. The van der Waals surface area contributed by atoms with E-state index in [-0.39, 0.29) is 10.7 Å². The lowest BCUT2D eigenvalue weighted by Gasteiger charge is -2.28. The Morgan fingerprint density at radius 1 is 0.968 bits per heavy atom. The molecule has 3 aromatic carbocycles. The molecule has 0 amide bonds. The zero-order valence-corrected chi connectivity index (χ0v) is 18.0. The van der Waals surface area contributed by atoms with Gasteiger partial charge >= 0.3 is 0 Å². The zero-order chi connectivity index (χ0) is 21.8. The van der Waals surface area contributed by atoms with E-state index in [9.17, 15) is 13.2 Å². The SMILES string of the molecule is Cc1ccc(C2=NOC3(Cc4ccccc4C3=O)C2c2ccc(S(C)(=O)=O)cc2)cc1. The molecule has 2 unspecified atom stereocenters. The van der Waals surface area contributed by atoms with Crippen LogP contribution in [0.4, 0.5) is 0 Å². The standard InChI is InChI=1S/C25H21NO4S/c1-16-7-9-18(10-8-16)23-22(17-11-13-20(14-12-17)31(2,28)29)25(30-26-23)15-19-5-3-4-6-21(19)24(25)27/h3-14,22H,15H2,1-2H3. The number of fused-ring (bicyclic) bond motifs is 1. The van der Waals surface area contributed by atoms with Crippen LogP contribution in [0.2, 0.25) is 0 Å². The molecule has 156 valence electrons. The van der Waals surface area contributed by atoms with Crippen LogP contribution in [-0.4, -0.2) is 31.8 Å². The molecule has 1 heterocycles. The topological polar surface area (TPSA) is 72.8 Å². The highest BCUT2D eigenvalue weighted by molar-refractivity contribution is 7.90. The second-order valence-electron chi connectivity index (χ2n) is 8.26. The summed E-state index contributed by atoms with van der Waals surface area (Å²) < 4.78 is 23.9. The molecule has 31 heavy (non-hydrogen) atoms. The van der Waals surface area contributed by atoms with Gasteiger partial charge < -0.3 is 4.84 Å². The van der Waals surface area contributed by atoms with Gasteiger partial charge in [0, 0.05) is 23.8 Å². The van der Waals surface area contributed by atoms with Crippen LogP contribution >= 0.6 is 0 Å². The molecule has 0 radical (unpaired) electrons. The van der Waals surface area contributed by atoms with Crippen molar-refractivity contribution in [3.05, 3.63) is 101 Å². The summed E-state index contributed by atoms with van der Waals surface area (Å²) >= 11 is 0. The summed E-state index contributed by atoms with van der Waals surface area (Å²) in [6.45, 7) is 2.01. The average molecular weight is 432 g/mol. The van der Waals surface area contributed by atoms with Crippen molar-refractivity contribution in [1.82, 2.24) is 0 Å². The van der Waals surface area contributed by atoms with Crippen LogP contribution in [0.5, 0.6) is 0 Å². The van der Waals surface area contributed by atoms with Crippen molar-refractivity contribution in [2.75, 3.05) is 6.26 Å². The number of carbonyl (C=O) groups excluding carboxylic acids is 1. The summed E-state index contributed by atoms with van der Waals surface area (Å²) in [4.78, 5) is 19.8. The highest BCUT2D eigenvalue weighted by Gasteiger charge is 2.59. The van der Waals surface area contributed by atoms with Crippen LogP contribution in [-0.2, 0) is 21.1 Å². The Hall–Kier alpha value is -3.25. The van der Waals surface area contributed by atoms with Crippen molar-refractivity contribution < 1.29 is 18.0 Å². The molecule has 0 saturated carbocycles. The van der Waals surface area contributed by atoms with E-state index in [2.05, 4.69) is 5.16 Å². The van der Waals surface area contributed by atoms with Gasteiger partial charge in [0.15, 0.2) is 9.84 Å². The molecule has 2 aliphatic rings. The maximum atomic E-state index is 13.6. The molecule has 6 heteroatoms. The third-order valence-electron chi connectivity index (χ3n) is 6.13. The van der Waals surface area contributed by atoms with E-state index in [4.69, 9.17) is 4.84 Å². The third-order valence-corrected chi connectivity index (χ3v) is 7.26. The number of hydrogen-bond acceptors (Lipinski definition) is 5. The predicted molar refractivity (Wildman–Crippen MR) is 118 cm³/mol. The summed E-state index contributed by atoms with van der Waals surface area (Å²) in [5.74, 6) is -0.546. The molecule has 1 aliphatic heterocycles. The summed E-state index contributed by atoms with van der Waals surface area (Å²) in [7, 11) is -3.32. The van der Waals surface area contributed by atoms with Gasteiger partial charge in [-0.1, -0.05) is 71.4 Å². The van der Waals surface area contributed by atoms with Crippen LogP contribution in [0.1, 0.15) is 38.5 Å². The lowest BCUT2D eigenvalue weighted by molar-refractivity contribution is -0.00692. The van der Waals surface area contributed by atoms with Gasteiger partial charge in [0.05, 0.1) is 16.5 Å². The zero-order valence-electron chi connectivity index (χ0n) is 17.2. The van der Waals surface area contributed by atoms with Crippen LogP contribution < -0.4 is 0 Å². The molecule has 2 atom stereocenters. The molecular weight excluding hydrogens is 410 g/mol. The Labute approximate surface area is 181 Å². The number of carbonyl (C=O) groups is 1. The van der Waals surface area contributed by atoms with E-state index in [0.717, 1.165) is 22.3 Å². The second kappa shape index (κ2) is 6.89. The summed E-state index contributed by atoms with van der Waals surface area (Å²) in [5, 5.41) is 4.41. The van der Waals surface area contributed by atoms with Gasteiger partial charge in [-0.25, -0.2) is 8.42 Å². The molecular formula is C25H21NO4S. The van der Waals surface area contributed by atoms with Crippen molar-refractivity contribution >= 4 is 21.3 Å². The molecule has 0 bridgehead atoms. The van der Waals surface area contributed by atoms with Gasteiger partial charge in [0.25, 0.3) is 0 Å². The van der Waals surface area contributed by atoms with Gasteiger partial charge in [-0.15, -0.1) is 0 Å². The third kappa shape index (κ3) is 3.10. The average Bonchev–Trinajstić information content (AvgIpc) is 3.27. The minimum Gasteiger partial charge on any atom is -0.379 e. The molecule has 5 nitrogen and oxygen atoms in total. The minimum atomic E-state index is -3.32. The molecule has 0 saturated heterocycles. The number of sulfone groups is 1. The molecule has 0 N–H and O–H groups in total. The molecule has 3 aromatic rings. The molecule has 1 spiro atoms. The first-order valence-corrected chi connectivity index (χ1v) is 11.9. The Morgan fingerprint density at radius 3 is 2.29 bits per heavy atom. The maximum Gasteiger partial charge on any atom is 0.216 e. The molecule has 0 aromatic heterocycles. The van der Waals surface area contributed by atoms with E-state index >= 15 is 0 Å². The van der Waals surface area contributed by atoms with E-state index in [1.165, 1.54) is 6.26 Å². The van der Waals surface area contributed by atoms with E-state index in [1.54, 1.807) is 24.3 Å². The van der Waals surface area contributed by atoms with Crippen molar-refractivity contribution in [3.63, 3.8) is 0 Å². The Morgan fingerprint density at radius 2 is 1.65 bits per heavy atom.